The first-order valence-corrected chi connectivity index (χ1v) is 13.2. The molecule has 1 saturated heterocycles. The number of aliphatic hydroxyl groups is 1. The molecular formula is C22H37N2O8P. The number of hydrogen-bond acceptors (Lipinski definition) is 7. The first-order valence-electron chi connectivity index (χ1n) is 11.6. The molecule has 1 aromatic heterocycles. The standard InChI is InChI=1S/C22H37N2O8P/c1-7-21(6,32-33(28,29)22(27,8-2)9-3)13-14-12-15(18-17(14)30-20(4,5)31-18)24-11-10-16(25)23-19(24)26/h10-11,14-15,17-18,27H,7-9,12-13H2,1-6H3,(H,28,29)(H,23,25,26)/t14?,15-,17?,18+,21?/m1/s1. The zero-order chi connectivity index (χ0) is 24.8. The lowest BCUT2D eigenvalue weighted by molar-refractivity contribution is -0.162. The van der Waals surface area contributed by atoms with Crippen LogP contribution in [0.5, 0.6) is 0 Å². The SMILES string of the molecule is CCC(C)(CC1C[C@@H](n2ccc(=O)[nH]c2=O)[C@@H]2OC(C)(C)OC12)OP(=O)(O)C(O)(CC)CC. The van der Waals surface area contributed by atoms with Gasteiger partial charge in [-0.25, -0.2) is 4.79 Å². The molecule has 4 unspecified atom stereocenters. The van der Waals surface area contributed by atoms with Crippen LogP contribution in [0, 0.1) is 5.92 Å². The Morgan fingerprint density at radius 2 is 1.82 bits per heavy atom. The molecule has 0 spiro atoms. The second kappa shape index (κ2) is 9.06. The predicted octanol–water partition coefficient (Wildman–Crippen LogP) is 2.89. The highest BCUT2D eigenvalue weighted by molar-refractivity contribution is 7.54. The van der Waals surface area contributed by atoms with Crippen molar-refractivity contribution in [2.45, 2.75) is 109 Å². The Hall–Kier alpha value is -1.29. The summed E-state index contributed by atoms with van der Waals surface area (Å²) in [6, 6.07) is 0.916. The second-order valence-corrected chi connectivity index (χ2v) is 12.0. The fourth-order valence-electron chi connectivity index (χ4n) is 5.05. The zero-order valence-electron chi connectivity index (χ0n) is 20.2. The topological polar surface area (TPSA) is 140 Å². The Balaban J connectivity index is 1.90. The lowest BCUT2D eigenvalue weighted by Crippen LogP contribution is -2.38. The van der Waals surface area contributed by atoms with Gasteiger partial charge in [0, 0.05) is 12.3 Å². The lowest BCUT2D eigenvalue weighted by Gasteiger charge is -2.39. The van der Waals surface area contributed by atoms with Gasteiger partial charge in [-0.05, 0) is 58.8 Å². The molecule has 0 amide bonds. The van der Waals surface area contributed by atoms with Gasteiger partial charge < -0.3 is 24.0 Å². The number of ether oxygens (including phenoxy) is 2. The van der Waals surface area contributed by atoms with Gasteiger partial charge in [0.1, 0.15) is 6.10 Å². The van der Waals surface area contributed by atoms with Crippen molar-refractivity contribution in [2.24, 2.45) is 5.92 Å². The summed E-state index contributed by atoms with van der Waals surface area (Å²) in [4.78, 5) is 37.0. The van der Waals surface area contributed by atoms with E-state index in [-0.39, 0.29) is 30.9 Å². The fraction of sp³-hybridized carbons (Fsp3) is 0.818. The summed E-state index contributed by atoms with van der Waals surface area (Å²) in [6.45, 7) is 10.5. The van der Waals surface area contributed by atoms with Crippen molar-refractivity contribution in [3.8, 4) is 0 Å². The fourth-order valence-corrected chi connectivity index (χ4v) is 6.82. The van der Waals surface area contributed by atoms with Crippen molar-refractivity contribution < 1.29 is 28.6 Å². The molecule has 188 valence electrons. The van der Waals surface area contributed by atoms with E-state index >= 15 is 0 Å². The first-order chi connectivity index (χ1) is 15.2. The van der Waals surface area contributed by atoms with Crippen LogP contribution in [0.3, 0.4) is 0 Å². The van der Waals surface area contributed by atoms with Crippen LogP contribution in [0.2, 0.25) is 0 Å². The van der Waals surface area contributed by atoms with E-state index in [1.807, 2.05) is 6.92 Å². The number of H-pyrrole nitrogens is 1. The van der Waals surface area contributed by atoms with E-state index in [1.54, 1.807) is 34.6 Å². The summed E-state index contributed by atoms with van der Waals surface area (Å²) in [5, 5.41) is 8.87. The third kappa shape index (κ3) is 5.06. The Labute approximate surface area is 193 Å². The van der Waals surface area contributed by atoms with E-state index in [0.29, 0.717) is 19.3 Å². The van der Waals surface area contributed by atoms with Crippen LogP contribution in [0.15, 0.2) is 21.9 Å². The third-order valence-electron chi connectivity index (χ3n) is 7.20. The Kier molecular flexibility index (Phi) is 7.22. The average molecular weight is 489 g/mol. The maximum Gasteiger partial charge on any atom is 0.359 e. The quantitative estimate of drug-likeness (QED) is 0.451. The average Bonchev–Trinajstić information content (AvgIpc) is 3.20. The van der Waals surface area contributed by atoms with Gasteiger partial charge in [0.25, 0.3) is 5.56 Å². The number of hydrogen-bond donors (Lipinski definition) is 3. The number of nitrogens with zero attached hydrogens (tertiary/aromatic N) is 1. The molecular weight excluding hydrogens is 451 g/mol. The van der Waals surface area contributed by atoms with Gasteiger partial charge >= 0.3 is 13.3 Å². The van der Waals surface area contributed by atoms with E-state index in [1.165, 1.54) is 16.8 Å². The summed E-state index contributed by atoms with van der Waals surface area (Å²) >= 11 is 0. The van der Waals surface area contributed by atoms with Gasteiger partial charge in [-0.1, -0.05) is 20.8 Å². The first kappa shape index (κ1) is 26.3. The number of rotatable bonds is 9. The van der Waals surface area contributed by atoms with Crippen LogP contribution >= 0.6 is 7.60 Å². The predicted molar refractivity (Wildman–Crippen MR) is 122 cm³/mol. The summed E-state index contributed by atoms with van der Waals surface area (Å²) < 4.78 is 32.7. The molecule has 2 aliphatic rings. The number of aromatic nitrogens is 2. The lowest BCUT2D eigenvalue weighted by atomic mass is 9.87. The largest absolute Gasteiger partial charge is 0.377 e. The summed E-state index contributed by atoms with van der Waals surface area (Å²) in [6.07, 6.45) is 2.14. The van der Waals surface area contributed by atoms with Crippen LogP contribution in [-0.2, 0) is 18.6 Å². The molecule has 0 radical (unpaired) electrons. The molecule has 3 rings (SSSR count). The van der Waals surface area contributed by atoms with E-state index < -0.39 is 41.7 Å². The van der Waals surface area contributed by atoms with Gasteiger partial charge in [-0.2, -0.15) is 0 Å². The molecule has 3 N–H and O–H groups in total. The Morgan fingerprint density at radius 1 is 1.21 bits per heavy atom. The zero-order valence-corrected chi connectivity index (χ0v) is 21.1. The molecule has 33 heavy (non-hydrogen) atoms. The smallest absolute Gasteiger partial charge is 0.359 e. The van der Waals surface area contributed by atoms with Crippen LogP contribution in [-0.4, -0.2) is 48.5 Å². The van der Waals surface area contributed by atoms with E-state index in [9.17, 15) is 24.2 Å². The van der Waals surface area contributed by atoms with Crippen LogP contribution in [0.4, 0.5) is 0 Å². The van der Waals surface area contributed by atoms with E-state index in [2.05, 4.69) is 4.98 Å². The molecule has 0 aromatic carbocycles. The van der Waals surface area contributed by atoms with Crippen LogP contribution in [0.1, 0.15) is 79.7 Å². The van der Waals surface area contributed by atoms with Crippen molar-refractivity contribution in [2.75, 3.05) is 0 Å². The number of aromatic amines is 1. The Morgan fingerprint density at radius 3 is 2.36 bits per heavy atom. The van der Waals surface area contributed by atoms with Gasteiger partial charge in [0.05, 0.1) is 17.7 Å². The van der Waals surface area contributed by atoms with Gasteiger partial charge in [0.2, 0.25) is 0 Å². The molecule has 11 heteroatoms. The highest BCUT2D eigenvalue weighted by Crippen LogP contribution is 2.61. The molecule has 1 saturated carbocycles. The minimum atomic E-state index is -4.36. The van der Waals surface area contributed by atoms with Crippen molar-refractivity contribution in [1.82, 2.24) is 9.55 Å². The minimum absolute atomic E-state index is 0.0908. The highest BCUT2D eigenvalue weighted by Gasteiger charge is 2.57. The van der Waals surface area contributed by atoms with E-state index in [0.717, 1.165) is 0 Å². The molecule has 1 aromatic rings. The summed E-state index contributed by atoms with van der Waals surface area (Å²) in [5.41, 5.74) is -2.01. The minimum Gasteiger partial charge on any atom is -0.377 e. The molecule has 1 aliphatic carbocycles. The molecule has 1 aliphatic heterocycles. The molecule has 10 nitrogen and oxygen atoms in total. The van der Waals surface area contributed by atoms with E-state index in [4.69, 9.17) is 14.0 Å². The van der Waals surface area contributed by atoms with Crippen molar-refractivity contribution in [3.05, 3.63) is 33.1 Å². The summed E-state index contributed by atoms with van der Waals surface area (Å²) in [5.74, 6) is -1.01. The summed E-state index contributed by atoms with van der Waals surface area (Å²) in [7, 11) is -4.36. The number of nitrogens with one attached hydrogen (secondary N) is 1. The highest BCUT2D eigenvalue weighted by atomic mass is 31.2. The van der Waals surface area contributed by atoms with Crippen LogP contribution in [0.25, 0.3) is 0 Å². The Bertz CT molecular complexity index is 1020. The molecule has 6 atom stereocenters. The van der Waals surface area contributed by atoms with Gasteiger partial charge in [-0.3, -0.25) is 18.9 Å². The molecule has 0 bridgehead atoms. The normalized spacial score (nSPS) is 30.5. The number of fused-ring (bicyclic) bond motifs is 1. The molecule has 2 fully saturated rings. The monoisotopic (exact) mass is 488 g/mol. The van der Waals surface area contributed by atoms with Crippen molar-refractivity contribution >= 4 is 7.60 Å². The second-order valence-electron chi connectivity index (χ2n) is 9.95. The maximum atomic E-state index is 13.1. The molecule has 2 heterocycles. The van der Waals surface area contributed by atoms with Gasteiger partial charge in [-0.15, -0.1) is 0 Å². The van der Waals surface area contributed by atoms with Crippen molar-refractivity contribution in [1.29, 1.82) is 0 Å². The van der Waals surface area contributed by atoms with Crippen LogP contribution < -0.4 is 11.2 Å². The van der Waals surface area contributed by atoms with Crippen molar-refractivity contribution in [3.63, 3.8) is 0 Å². The van der Waals surface area contributed by atoms with Gasteiger partial charge in [0.15, 0.2) is 11.1 Å². The third-order valence-corrected chi connectivity index (χ3v) is 9.58. The maximum absolute atomic E-state index is 13.1.